The van der Waals surface area contributed by atoms with E-state index in [2.05, 4.69) is 26.1 Å². The molecule has 0 bridgehead atoms. The second-order valence-electron chi connectivity index (χ2n) is 5.01. The largest absolute Gasteiger partial charge is 0.377 e. The second-order valence-corrected chi connectivity index (χ2v) is 5.01. The van der Waals surface area contributed by atoms with Crippen LogP contribution >= 0.6 is 0 Å². The van der Waals surface area contributed by atoms with Crippen molar-refractivity contribution < 1.29 is 4.92 Å². The molecule has 1 N–H and O–H groups in total. The maximum Gasteiger partial charge on any atom is 0.292 e. The average Bonchev–Trinajstić information content (AvgIpc) is 2.16. The topological polar surface area (TPSA) is 55.2 Å². The molecule has 16 heavy (non-hydrogen) atoms. The van der Waals surface area contributed by atoms with E-state index in [4.69, 9.17) is 0 Å². The molecule has 1 atom stereocenters. The molecule has 0 amide bonds. The molecule has 0 aromatic heterocycles. The molecule has 0 saturated heterocycles. The quantitative estimate of drug-likeness (QED) is 0.629. The highest BCUT2D eigenvalue weighted by Gasteiger charge is 2.22. The number of nitro groups is 1. The van der Waals surface area contributed by atoms with Crippen molar-refractivity contribution in [3.05, 3.63) is 34.4 Å². The number of nitrogens with one attached hydrogen (secondary N) is 1. The first-order valence-electron chi connectivity index (χ1n) is 5.32. The maximum atomic E-state index is 10.8. The summed E-state index contributed by atoms with van der Waals surface area (Å²) in [5.41, 5.74) is 0.762. The van der Waals surface area contributed by atoms with Crippen molar-refractivity contribution in [2.75, 3.05) is 5.32 Å². The predicted octanol–water partition coefficient (Wildman–Crippen LogP) is 3.44. The van der Waals surface area contributed by atoms with Crippen LogP contribution in [0.1, 0.15) is 27.7 Å². The smallest absolute Gasteiger partial charge is 0.292 e. The summed E-state index contributed by atoms with van der Waals surface area (Å²) in [4.78, 5) is 10.5. The molecule has 0 fully saturated rings. The van der Waals surface area contributed by atoms with Gasteiger partial charge in [-0.1, -0.05) is 32.9 Å². The summed E-state index contributed by atoms with van der Waals surface area (Å²) in [7, 11) is 0. The van der Waals surface area contributed by atoms with Crippen LogP contribution in [0.2, 0.25) is 0 Å². The Morgan fingerprint density at radius 3 is 2.38 bits per heavy atom. The van der Waals surface area contributed by atoms with E-state index in [-0.39, 0.29) is 22.1 Å². The van der Waals surface area contributed by atoms with Crippen molar-refractivity contribution in [2.24, 2.45) is 5.41 Å². The fraction of sp³-hybridized carbons (Fsp3) is 0.500. The van der Waals surface area contributed by atoms with Gasteiger partial charge in [0, 0.05) is 12.1 Å². The second kappa shape index (κ2) is 4.51. The molecule has 4 heteroatoms. The number of para-hydroxylation sites is 2. The van der Waals surface area contributed by atoms with Crippen molar-refractivity contribution in [3.63, 3.8) is 0 Å². The maximum absolute atomic E-state index is 10.8. The third-order valence-electron chi connectivity index (χ3n) is 2.77. The lowest BCUT2D eigenvalue weighted by molar-refractivity contribution is -0.384. The molecule has 0 aliphatic rings. The molecule has 0 aliphatic heterocycles. The van der Waals surface area contributed by atoms with E-state index in [0.717, 1.165) is 0 Å². The third kappa shape index (κ3) is 2.95. The van der Waals surface area contributed by atoms with Crippen molar-refractivity contribution >= 4 is 11.4 Å². The van der Waals surface area contributed by atoms with Crippen molar-refractivity contribution in [1.82, 2.24) is 0 Å². The fourth-order valence-electron chi connectivity index (χ4n) is 1.20. The van der Waals surface area contributed by atoms with Gasteiger partial charge >= 0.3 is 0 Å². The number of nitrogens with zero attached hydrogens (tertiary/aromatic N) is 1. The number of benzene rings is 1. The van der Waals surface area contributed by atoms with Crippen LogP contribution in [-0.4, -0.2) is 11.0 Å². The summed E-state index contributed by atoms with van der Waals surface area (Å²) in [6, 6.07) is 6.88. The Labute approximate surface area is 95.8 Å². The molecule has 0 spiro atoms. The van der Waals surface area contributed by atoms with E-state index in [9.17, 15) is 10.1 Å². The zero-order chi connectivity index (χ0) is 12.3. The molecular weight excluding hydrogens is 204 g/mol. The van der Waals surface area contributed by atoms with Gasteiger partial charge in [-0.05, 0) is 18.4 Å². The molecule has 88 valence electrons. The first-order valence-corrected chi connectivity index (χ1v) is 5.32. The van der Waals surface area contributed by atoms with Gasteiger partial charge in [0.2, 0.25) is 0 Å². The Balaban J connectivity index is 2.93. The summed E-state index contributed by atoms with van der Waals surface area (Å²) < 4.78 is 0. The highest BCUT2D eigenvalue weighted by Crippen LogP contribution is 2.28. The Bertz CT molecular complexity index is 383. The first kappa shape index (κ1) is 12.5. The molecule has 0 aliphatic carbocycles. The van der Waals surface area contributed by atoms with Crippen LogP contribution in [-0.2, 0) is 0 Å². The van der Waals surface area contributed by atoms with E-state index in [0.29, 0.717) is 5.69 Å². The van der Waals surface area contributed by atoms with Gasteiger partial charge in [0.25, 0.3) is 5.69 Å². The standard InChI is InChI=1S/C12H18N2O2/c1-9(12(2,3)4)13-10-7-5-6-8-11(10)14(15)16/h5-9,13H,1-4H3. The summed E-state index contributed by atoms with van der Waals surface area (Å²) in [6.45, 7) is 8.31. The van der Waals surface area contributed by atoms with Crippen molar-refractivity contribution in [1.29, 1.82) is 0 Å². The average molecular weight is 222 g/mol. The van der Waals surface area contributed by atoms with Crippen LogP contribution < -0.4 is 5.32 Å². The lowest BCUT2D eigenvalue weighted by Gasteiger charge is -2.28. The number of anilines is 1. The van der Waals surface area contributed by atoms with E-state index in [1.165, 1.54) is 6.07 Å². The Kier molecular flexibility index (Phi) is 3.52. The van der Waals surface area contributed by atoms with Crippen molar-refractivity contribution in [3.8, 4) is 0 Å². The molecule has 0 radical (unpaired) electrons. The third-order valence-corrected chi connectivity index (χ3v) is 2.77. The molecule has 4 nitrogen and oxygen atoms in total. The van der Waals surface area contributed by atoms with Gasteiger partial charge in [0.1, 0.15) is 5.69 Å². The van der Waals surface area contributed by atoms with Gasteiger partial charge in [0.15, 0.2) is 0 Å². The Morgan fingerprint density at radius 2 is 1.88 bits per heavy atom. The lowest BCUT2D eigenvalue weighted by atomic mass is 9.88. The van der Waals surface area contributed by atoms with Crippen LogP contribution in [0.3, 0.4) is 0 Å². The first-order chi connectivity index (χ1) is 7.32. The SMILES string of the molecule is CC(Nc1ccccc1[N+](=O)[O-])C(C)(C)C. The van der Waals surface area contributed by atoms with Gasteiger partial charge in [0.05, 0.1) is 4.92 Å². The number of hydrogen-bond acceptors (Lipinski definition) is 3. The molecule has 0 heterocycles. The molecule has 1 unspecified atom stereocenters. The zero-order valence-corrected chi connectivity index (χ0v) is 10.2. The summed E-state index contributed by atoms with van der Waals surface area (Å²) in [6.07, 6.45) is 0. The number of rotatable bonds is 3. The minimum atomic E-state index is -0.363. The molecule has 1 rings (SSSR count). The van der Waals surface area contributed by atoms with Gasteiger partial charge in [-0.3, -0.25) is 10.1 Å². The summed E-state index contributed by atoms with van der Waals surface area (Å²) >= 11 is 0. The fourth-order valence-corrected chi connectivity index (χ4v) is 1.20. The molecular formula is C12H18N2O2. The minimum absolute atomic E-state index is 0.0592. The highest BCUT2D eigenvalue weighted by atomic mass is 16.6. The van der Waals surface area contributed by atoms with Crippen molar-refractivity contribution in [2.45, 2.75) is 33.7 Å². The Morgan fingerprint density at radius 1 is 1.31 bits per heavy atom. The van der Waals surface area contributed by atoms with Crippen LogP contribution in [0.4, 0.5) is 11.4 Å². The van der Waals surface area contributed by atoms with E-state index in [1.807, 2.05) is 6.92 Å². The number of hydrogen-bond donors (Lipinski definition) is 1. The van der Waals surface area contributed by atoms with E-state index < -0.39 is 0 Å². The highest BCUT2D eigenvalue weighted by molar-refractivity contribution is 5.61. The predicted molar refractivity (Wildman–Crippen MR) is 65.6 cm³/mol. The van der Waals surface area contributed by atoms with Gasteiger partial charge < -0.3 is 5.32 Å². The van der Waals surface area contributed by atoms with E-state index >= 15 is 0 Å². The summed E-state index contributed by atoms with van der Waals surface area (Å²) in [5.74, 6) is 0. The normalized spacial score (nSPS) is 13.2. The van der Waals surface area contributed by atoms with Crippen LogP contribution in [0.5, 0.6) is 0 Å². The monoisotopic (exact) mass is 222 g/mol. The Hall–Kier alpha value is -1.58. The minimum Gasteiger partial charge on any atom is -0.377 e. The number of nitro benzene ring substituents is 1. The van der Waals surface area contributed by atoms with Gasteiger partial charge in [-0.15, -0.1) is 0 Å². The molecule has 1 aromatic rings. The molecule has 1 aromatic carbocycles. The van der Waals surface area contributed by atoms with Crippen LogP contribution in [0.25, 0.3) is 0 Å². The summed E-state index contributed by atoms with van der Waals surface area (Å²) in [5, 5.41) is 14.0. The van der Waals surface area contributed by atoms with Crippen LogP contribution in [0, 0.1) is 15.5 Å². The van der Waals surface area contributed by atoms with E-state index in [1.54, 1.807) is 18.2 Å². The van der Waals surface area contributed by atoms with Gasteiger partial charge in [-0.25, -0.2) is 0 Å². The lowest BCUT2D eigenvalue weighted by Crippen LogP contribution is -2.31. The van der Waals surface area contributed by atoms with Crippen LogP contribution in [0.15, 0.2) is 24.3 Å². The molecule has 0 saturated carbocycles. The zero-order valence-electron chi connectivity index (χ0n) is 10.2. The van der Waals surface area contributed by atoms with Gasteiger partial charge in [-0.2, -0.15) is 0 Å².